The molecule has 0 unspecified atom stereocenters. The standard InChI is InChI=1S/C6H8NO/c1-4-5(2)7-8-6(4)3/h1H2,2-3H3. The lowest BCUT2D eigenvalue weighted by Crippen LogP contribution is -1.94. The zero-order valence-corrected chi connectivity index (χ0v) is 5.06. The highest BCUT2D eigenvalue weighted by molar-refractivity contribution is 6.01. The van der Waals surface area contributed by atoms with Crippen LogP contribution in [0.4, 0.5) is 0 Å². The minimum atomic E-state index is 0.808. The van der Waals surface area contributed by atoms with E-state index in [-0.39, 0.29) is 0 Å². The Bertz CT molecular complexity index is 149. The number of rotatable bonds is 0. The smallest absolute Gasteiger partial charge is 0.207 e. The molecule has 2 heteroatoms. The van der Waals surface area contributed by atoms with E-state index in [1.807, 2.05) is 13.8 Å². The van der Waals surface area contributed by atoms with E-state index in [1.54, 1.807) is 0 Å². The van der Waals surface area contributed by atoms with Crippen molar-refractivity contribution < 1.29 is 4.84 Å². The lowest BCUT2D eigenvalue weighted by molar-refractivity contribution is 0.195. The van der Waals surface area contributed by atoms with Crippen molar-refractivity contribution in [1.82, 2.24) is 0 Å². The number of nitrogens with zero attached hydrogens (tertiary/aromatic N) is 1. The lowest BCUT2D eigenvalue weighted by Gasteiger charge is -1.95. The molecule has 43 valence electrons. The quantitative estimate of drug-likeness (QED) is 0.463. The lowest BCUT2D eigenvalue weighted by atomic mass is 10.1. The topological polar surface area (TPSA) is 21.6 Å². The third-order valence-corrected chi connectivity index (χ3v) is 1.18. The molecule has 0 aliphatic carbocycles. The van der Waals surface area contributed by atoms with Crippen LogP contribution in [0.25, 0.3) is 0 Å². The van der Waals surface area contributed by atoms with E-state index >= 15 is 0 Å². The summed E-state index contributed by atoms with van der Waals surface area (Å²) in [6.45, 7) is 7.45. The Balaban J connectivity index is 2.73. The number of hydrogen-bond donors (Lipinski definition) is 0. The summed E-state index contributed by atoms with van der Waals surface area (Å²) in [5.41, 5.74) is 1.78. The molecule has 0 fully saturated rings. The van der Waals surface area contributed by atoms with E-state index in [0.717, 1.165) is 17.4 Å². The van der Waals surface area contributed by atoms with Gasteiger partial charge in [-0.3, -0.25) is 0 Å². The summed E-state index contributed by atoms with van der Waals surface area (Å²) in [4.78, 5) is 4.78. The molecule has 0 N–H and O–H groups in total. The Labute approximate surface area is 48.8 Å². The van der Waals surface area contributed by atoms with Crippen LogP contribution in [0.2, 0.25) is 0 Å². The first-order chi connectivity index (χ1) is 3.72. The first-order valence-corrected chi connectivity index (χ1v) is 2.46. The molecule has 2 nitrogen and oxygen atoms in total. The van der Waals surface area contributed by atoms with Gasteiger partial charge in [-0.15, -0.1) is 0 Å². The van der Waals surface area contributed by atoms with Crippen LogP contribution in [0, 0.1) is 6.10 Å². The van der Waals surface area contributed by atoms with Gasteiger partial charge in [0.2, 0.25) is 6.10 Å². The Hall–Kier alpha value is -0.790. The highest BCUT2D eigenvalue weighted by Crippen LogP contribution is 2.20. The molecule has 1 aliphatic heterocycles. The van der Waals surface area contributed by atoms with E-state index in [1.165, 1.54) is 0 Å². The minimum Gasteiger partial charge on any atom is -0.380 e. The number of hydrogen-bond acceptors (Lipinski definition) is 2. The second-order valence-electron chi connectivity index (χ2n) is 1.80. The molecular formula is C6H8NO. The summed E-state index contributed by atoms with van der Waals surface area (Å²) in [6, 6.07) is 0. The second-order valence-corrected chi connectivity index (χ2v) is 1.80. The zero-order chi connectivity index (χ0) is 6.15. The third kappa shape index (κ3) is 0.619. The first kappa shape index (κ1) is 5.35. The van der Waals surface area contributed by atoms with Crippen molar-refractivity contribution in [3.05, 3.63) is 18.3 Å². The molecule has 1 rings (SSSR count). The van der Waals surface area contributed by atoms with Gasteiger partial charge < -0.3 is 4.84 Å². The molecule has 8 heavy (non-hydrogen) atoms. The summed E-state index contributed by atoms with van der Waals surface area (Å²) >= 11 is 0. The van der Waals surface area contributed by atoms with Gasteiger partial charge in [-0.1, -0.05) is 11.7 Å². The van der Waals surface area contributed by atoms with Crippen LogP contribution in [-0.2, 0) is 4.84 Å². The summed E-state index contributed by atoms with van der Waals surface area (Å²) < 4.78 is 0. The normalized spacial score (nSPS) is 20.8. The molecule has 0 aromatic carbocycles. The summed E-state index contributed by atoms with van der Waals surface area (Å²) in [5.74, 6) is 0. The Morgan fingerprint density at radius 2 is 2.12 bits per heavy atom. The van der Waals surface area contributed by atoms with Crippen molar-refractivity contribution >= 4 is 5.71 Å². The van der Waals surface area contributed by atoms with Crippen molar-refractivity contribution in [1.29, 1.82) is 0 Å². The van der Waals surface area contributed by atoms with Crippen LogP contribution in [0.5, 0.6) is 0 Å². The highest BCUT2D eigenvalue weighted by atomic mass is 16.6. The monoisotopic (exact) mass is 110 g/mol. The first-order valence-electron chi connectivity index (χ1n) is 2.46. The molecule has 1 aliphatic rings. The molecule has 0 amide bonds. The van der Waals surface area contributed by atoms with Crippen LogP contribution in [0.15, 0.2) is 17.3 Å². The van der Waals surface area contributed by atoms with Gasteiger partial charge in [0.25, 0.3) is 0 Å². The zero-order valence-electron chi connectivity index (χ0n) is 5.06. The van der Waals surface area contributed by atoms with Crippen molar-refractivity contribution in [3.63, 3.8) is 0 Å². The molecule has 1 heterocycles. The maximum absolute atomic E-state index is 4.78. The van der Waals surface area contributed by atoms with E-state index in [2.05, 4.69) is 11.7 Å². The van der Waals surface area contributed by atoms with Crippen LogP contribution < -0.4 is 0 Å². The average Bonchev–Trinajstić information content (AvgIpc) is 1.98. The van der Waals surface area contributed by atoms with Gasteiger partial charge >= 0.3 is 0 Å². The van der Waals surface area contributed by atoms with Crippen LogP contribution in [0.1, 0.15) is 13.8 Å². The van der Waals surface area contributed by atoms with Gasteiger partial charge in [0, 0.05) is 5.57 Å². The van der Waals surface area contributed by atoms with Crippen molar-refractivity contribution in [2.75, 3.05) is 0 Å². The van der Waals surface area contributed by atoms with Crippen molar-refractivity contribution in [2.24, 2.45) is 5.16 Å². The Kier molecular flexibility index (Phi) is 1.08. The molecule has 0 aromatic rings. The summed E-state index contributed by atoms with van der Waals surface area (Å²) in [6.07, 6.45) is 0.808. The second kappa shape index (κ2) is 1.62. The molecule has 0 saturated carbocycles. The molecule has 0 bridgehead atoms. The molecule has 1 radical (unpaired) electrons. The fourth-order valence-electron chi connectivity index (χ4n) is 0.502. The van der Waals surface area contributed by atoms with Crippen LogP contribution in [0.3, 0.4) is 0 Å². The SMILES string of the molecule is C=C1[C](C)ON=C1C. The predicted octanol–water partition coefficient (Wildman–Crippen LogP) is 1.50. The van der Waals surface area contributed by atoms with E-state index in [0.29, 0.717) is 0 Å². The van der Waals surface area contributed by atoms with Gasteiger partial charge in [0.1, 0.15) is 0 Å². The molecule has 0 atom stereocenters. The van der Waals surface area contributed by atoms with Crippen molar-refractivity contribution in [2.45, 2.75) is 13.8 Å². The van der Waals surface area contributed by atoms with Gasteiger partial charge in [-0.05, 0) is 13.8 Å². The van der Waals surface area contributed by atoms with Gasteiger partial charge in [-0.25, -0.2) is 0 Å². The molecule has 0 aromatic heterocycles. The molecule has 0 spiro atoms. The maximum Gasteiger partial charge on any atom is 0.207 e. The van der Waals surface area contributed by atoms with E-state index < -0.39 is 0 Å². The van der Waals surface area contributed by atoms with Gasteiger partial charge in [0.05, 0.1) is 5.71 Å². The van der Waals surface area contributed by atoms with Crippen LogP contribution in [-0.4, -0.2) is 5.71 Å². The fraction of sp³-hybridized carbons (Fsp3) is 0.333. The van der Waals surface area contributed by atoms with Gasteiger partial charge in [0.15, 0.2) is 0 Å². The van der Waals surface area contributed by atoms with Crippen LogP contribution >= 0.6 is 0 Å². The summed E-state index contributed by atoms with van der Waals surface area (Å²) in [5, 5.41) is 3.68. The predicted molar refractivity (Wildman–Crippen MR) is 32.3 cm³/mol. The molecular weight excluding hydrogens is 102 g/mol. The van der Waals surface area contributed by atoms with Crippen molar-refractivity contribution in [3.8, 4) is 0 Å². The number of oxime groups is 1. The Morgan fingerprint density at radius 3 is 2.25 bits per heavy atom. The third-order valence-electron chi connectivity index (χ3n) is 1.18. The largest absolute Gasteiger partial charge is 0.380 e. The Morgan fingerprint density at radius 1 is 1.50 bits per heavy atom. The van der Waals surface area contributed by atoms with Gasteiger partial charge in [-0.2, -0.15) is 0 Å². The molecule has 0 saturated heterocycles. The average molecular weight is 110 g/mol. The minimum absolute atomic E-state index is 0.808. The summed E-state index contributed by atoms with van der Waals surface area (Å²) in [7, 11) is 0. The maximum atomic E-state index is 4.78. The highest BCUT2D eigenvalue weighted by Gasteiger charge is 2.18. The van der Waals surface area contributed by atoms with E-state index in [4.69, 9.17) is 4.84 Å². The van der Waals surface area contributed by atoms with E-state index in [9.17, 15) is 0 Å². The fourth-order valence-corrected chi connectivity index (χ4v) is 0.502.